The van der Waals surface area contributed by atoms with Gasteiger partial charge in [-0.05, 0) is 30.7 Å². The fourth-order valence-corrected chi connectivity index (χ4v) is 3.33. The van der Waals surface area contributed by atoms with Gasteiger partial charge < -0.3 is 5.73 Å². The van der Waals surface area contributed by atoms with Crippen molar-refractivity contribution in [2.75, 3.05) is 5.73 Å². The van der Waals surface area contributed by atoms with Gasteiger partial charge in [0, 0.05) is 28.8 Å². The van der Waals surface area contributed by atoms with Crippen LogP contribution in [-0.2, 0) is 12.8 Å². The number of nitrogen functional groups attached to an aromatic ring is 1. The maximum absolute atomic E-state index is 5.86. The highest BCUT2D eigenvalue weighted by atomic mass is 32.2. The molecule has 1 heterocycles. The number of nitrogens with zero attached hydrogens (tertiary/aromatic N) is 2. The van der Waals surface area contributed by atoms with Gasteiger partial charge in [-0.25, -0.2) is 0 Å². The number of para-hydroxylation sites is 1. The summed E-state index contributed by atoms with van der Waals surface area (Å²) >= 11 is 1.79. The van der Waals surface area contributed by atoms with Crippen LogP contribution in [0.4, 0.5) is 5.69 Å². The number of hydrogen-bond donors (Lipinski definition) is 1. The highest BCUT2D eigenvalue weighted by Crippen LogP contribution is 2.29. The molecule has 0 aliphatic heterocycles. The molecule has 4 heteroatoms. The minimum absolute atomic E-state index is 0.809. The van der Waals surface area contributed by atoms with E-state index in [9.17, 15) is 0 Å². The van der Waals surface area contributed by atoms with Gasteiger partial charge in [-0.2, -0.15) is 5.10 Å². The lowest BCUT2D eigenvalue weighted by molar-refractivity contribution is 0.781. The van der Waals surface area contributed by atoms with E-state index >= 15 is 0 Å². The molecular weight excluding hydrogens is 266 g/mol. The lowest BCUT2D eigenvalue weighted by Crippen LogP contribution is -1.91. The summed E-state index contributed by atoms with van der Waals surface area (Å²) in [6.45, 7) is 2.11. The van der Waals surface area contributed by atoms with E-state index in [-0.39, 0.29) is 0 Å². The molecule has 0 saturated heterocycles. The molecule has 1 aromatic heterocycles. The van der Waals surface area contributed by atoms with E-state index in [1.165, 1.54) is 21.4 Å². The van der Waals surface area contributed by atoms with Crippen molar-refractivity contribution >= 4 is 28.4 Å². The topological polar surface area (TPSA) is 43.8 Å². The molecule has 3 rings (SSSR count). The highest BCUT2D eigenvalue weighted by molar-refractivity contribution is 7.98. The predicted molar refractivity (Wildman–Crippen MR) is 85.9 cm³/mol. The van der Waals surface area contributed by atoms with E-state index in [0.29, 0.717) is 0 Å². The largest absolute Gasteiger partial charge is 0.399 e. The SMILES string of the molecule is Cc1ccc(N)cc1SCc1nn(C)c2ccccc12. The Morgan fingerprint density at radius 2 is 2.00 bits per heavy atom. The molecule has 0 saturated carbocycles. The van der Waals surface area contributed by atoms with Crippen LogP contribution in [0.5, 0.6) is 0 Å². The van der Waals surface area contributed by atoms with Gasteiger partial charge in [0.25, 0.3) is 0 Å². The molecule has 3 nitrogen and oxygen atoms in total. The van der Waals surface area contributed by atoms with Crippen LogP contribution in [-0.4, -0.2) is 9.78 Å². The van der Waals surface area contributed by atoms with Gasteiger partial charge in [-0.3, -0.25) is 4.68 Å². The minimum Gasteiger partial charge on any atom is -0.399 e. The average Bonchev–Trinajstić information content (AvgIpc) is 2.77. The van der Waals surface area contributed by atoms with Gasteiger partial charge in [0.1, 0.15) is 0 Å². The van der Waals surface area contributed by atoms with Gasteiger partial charge >= 0.3 is 0 Å². The monoisotopic (exact) mass is 283 g/mol. The molecule has 0 bridgehead atoms. The van der Waals surface area contributed by atoms with Crippen LogP contribution in [0.25, 0.3) is 10.9 Å². The van der Waals surface area contributed by atoms with Gasteiger partial charge in [0.2, 0.25) is 0 Å². The van der Waals surface area contributed by atoms with Gasteiger partial charge in [0.05, 0.1) is 11.2 Å². The van der Waals surface area contributed by atoms with Crippen molar-refractivity contribution in [2.45, 2.75) is 17.6 Å². The number of anilines is 1. The van der Waals surface area contributed by atoms with Crippen molar-refractivity contribution in [2.24, 2.45) is 7.05 Å². The maximum atomic E-state index is 5.86. The Labute approximate surface area is 122 Å². The van der Waals surface area contributed by atoms with Crippen LogP contribution in [0, 0.1) is 6.92 Å². The van der Waals surface area contributed by atoms with Crippen molar-refractivity contribution in [1.82, 2.24) is 9.78 Å². The van der Waals surface area contributed by atoms with Crippen LogP contribution >= 0.6 is 11.8 Å². The molecule has 0 radical (unpaired) electrons. The summed E-state index contributed by atoms with van der Waals surface area (Å²) in [4.78, 5) is 1.22. The Hall–Kier alpha value is -1.94. The fourth-order valence-electron chi connectivity index (χ4n) is 2.31. The van der Waals surface area contributed by atoms with E-state index in [1.54, 1.807) is 11.8 Å². The van der Waals surface area contributed by atoms with E-state index < -0.39 is 0 Å². The summed E-state index contributed by atoms with van der Waals surface area (Å²) in [5, 5.41) is 5.85. The molecule has 2 N–H and O–H groups in total. The first kappa shape index (κ1) is 13.1. The molecule has 2 aromatic carbocycles. The van der Waals surface area contributed by atoms with Crippen LogP contribution in [0.15, 0.2) is 47.4 Å². The quantitative estimate of drug-likeness (QED) is 0.588. The molecule has 3 aromatic rings. The second kappa shape index (κ2) is 5.21. The summed E-state index contributed by atoms with van der Waals surface area (Å²) < 4.78 is 1.94. The summed E-state index contributed by atoms with van der Waals surface area (Å²) in [6, 6.07) is 14.4. The number of aryl methyl sites for hydroxylation is 2. The number of hydrogen-bond acceptors (Lipinski definition) is 3. The van der Waals surface area contributed by atoms with Crippen molar-refractivity contribution < 1.29 is 0 Å². The molecule has 0 aliphatic carbocycles. The summed E-state index contributed by atoms with van der Waals surface area (Å²) in [6.07, 6.45) is 0. The van der Waals surface area contributed by atoms with E-state index in [0.717, 1.165) is 17.1 Å². The van der Waals surface area contributed by atoms with Gasteiger partial charge in [-0.1, -0.05) is 24.3 Å². The third kappa shape index (κ3) is 2.39. The van der Waals surface area contributed by atoms with Crippen molar-refractivity contribution in [3.05, 3.63) is 53.7 Å². The molecule has 0 atom stereocenters. The van der Waals surface area contributed by atoms with E-state index in [2.05, 4.69) is 36.3 Å². The zero-order valence-electron chi connectivity index (χ0n) is 11.6. The Balaban J connectivity index is 1.89. The normalized spacial score (nSPS) is 11.1. The second-order valence-electron chi connectivity index (χ2n) is 4.90. The lowest BCUT2D eigenvalue weighted by atomic mass is 10.2. The molecular formula is C16H17N3S. The number of fused-ring (bicyclic) bond motifs is 1. The number of aromatic nitrogens is 2. The fraction of sp³-hybridized carbons (Fsp3) is 0.188. The Morgan fingerprint density at radius 3 is 2.85 bits per heavy atom. The Morgan fingerprint density at radius 1 is 1.20 bits per heavy atom. The molecule has 0 amide bonds. The zero-order chi connectivity index (χ0) is 14.1. The van der Waals surface area contributed by atoms with Crippen LogP contribution in [0.3, 0.4) is 0 Å². The average molecular weight is 283 g/mol. The van der Waals surface area contributed by atoms with Crippen LogP contribution < -0.4 is 5.73 Å². The summed E-state index contributed by atoms with van der Waals surface area (Å²) in [5.74, 6) is 0.853. The molecule has 0 aliphatic rings. The highest BCUT2D eigenvalue weighted by Gasteiger charge is 2.09. The first-order valence-electron chi connectivity index (χ1n) is 6.54. The molecule has 0 unspecified atom stereocenters. The minimum atomic E-state index is 0.809. The third-order valence-electron chi connectivity index (χ3n) is 3.41. The molecule has 0 spiro atoms. The maximum Gasteiger partial charge on any atom is 0.0805 e. The molecule has 0 fully saturated rings. The van der Waals surface area contributed by atoms with E-state index in [1.807, 2.05) is 29.9 Å². The third-order valence-corrected chi connectivity index (χ3v) is 4.58. The number of nitrogens with two attached hydrogens (primary N) is 1. The van der Waals surface area contributed by atoms with Gasteiger partial charge in [0.15, 0.2) is 0 Å². The Kier molecular flexibility index (Phi) is 3.40. The second-order valence-corrected chi connectivity index (χ2v) is 5.92. The molecule has 20 heavy (non-hydrogen) atoms. The van der Waals surface area contributed by atoms with Crippen LogP contribution in [0.2, 0.25) is 0 Å². The van der Waals surface area contributed by atoms with Crippen molar-refractivity contribution in [1.29, 1.82) is 0 Å². The smallest absolute Gasteiger partial charge is 0.0805 e. The predicted octanol–water partition coefficient (Wildman–Crippen LogP) is 3.76. The summed E-state index contributed by atoms with van der Waals surface area (Å²) in [7, 11) is 1.99. The number of benzene rings is 2. The molecule has 102 valence electrons. The standard InChI is InChI=1S/C16H17N3S/c1-11-7-8-12(17)9-16(11)20-10-14-13-5-3-4-6-15(13)19(2)18-14/h3-9H,10,17H2,1-2H3. The van der Waals surface area contributed by atoms with Crippen molar-refractivity contribution in [3.8, 4) is 0 Å². The van der Waals surface area contributed by atoms with Crippen molar-refractivity contribution in [3.63, 3.8) is 0 Å². The number of thioether (sulfide) groups is 1. The zero-order valence-corrected chi connectivity index (χ0v) is 12.4. The Bertz CT molecular complexity index is 762. The summed E-state index contributed by atoms with van der Waals surface area (Å²) in [5.41, 5.74) is 10.2. The van der Waals surface area contributed by atoms with E-state index in [4.69, 9.17) is 5.73 Å². The van der Waals surface area contributed by atoms with Gasteiger partial charge in [-0.15, -0.1) is 11.8 Å². The lowest BCUT2D eigenvalue weighted by Gasteiger charge is -2.05. The van der Waals surface area contributed by atoms with Crippen LogP contribution in [0.1, 0.15) is 11.3 Å². The number of rotatable bonds is 3. The first-order chi connectivity index (χ1) is 9.65. The first-order valence-corrected chi connectivity index (χ1v) is 7.53.